The first-order chi connectivity index (χ1) is 7.70. The Labute approximate surface area is 93.1 Å². The molecule has 2 aromatic rings. The van der Waals surface area contributed by atoms with Crippen LogP contribution in [-0.2, 0) is 6.42 Å². The Bertz CT molecular complexity index is 500. The number of benzene rings is 1. The van der Waals surface area contributed by atoms with Crippen LogP contribution in [0.1, 0.15) is 22.8 Å². The molecule has 0 aliphatic carbocycles. The first kappa shape index (κ1) is 10.4. The van der Waals surface area contributed by atoms with E-state index in [9.17, 15) is 4.79 Å². The molecular weight excluding hydrogens is 204 g/mol. The maximum absolute atomic E-state index is 10.7. The number of aryl methyl sites for hydroxylation is 1. The third kappa shape index (κ3) is 1.95. The van der Waals surface area contributed by atoms with Gasteiger partial charge in [0, 0.05) is 6.20 Å². The highest BCUT2D eigenvalue weighted by molar-refractivity contribution is 5.86. The van der Waals surface area contributed by atoms with Crippen LogP contribution in [0.3, 0.4) is 0 Å². The molecule has 1 aromatic heterocycles. The van der Waals surface area contributed by atoms with E-state index in [1.807, 2.05) is 24.3 Å². The van der Waals surface area contributed by atoms with Gasteiger partial charge in [-0.3, -0.25) is 0 Å². The molecule has 4 heteroatoms. The third-order valence-corrected chi connectivity index (χ3v) is 2.44. The molecule has 16 heavy (non-hydrogen) atoms. The van der Waals surface area contributed by atoms with Gasteiger partial charge in [0.1, 0.15) is 0 Å². The van der Waals surface area contributed by atoms with E-state index in [0.717, 1.165) is 12.1 Å². The van der Waals surface area contributed by atoms with Crippen LogP contribution in [0.5, 0.6) is 0 Å². The van der Waals surface area contributed by atoms with Gasteiger partial charge in [0.25, 0.3) is 0 Å². The summed E-state index contributed by atoms with van der Waals surface area (Å²) in [5.74, 6) is -0.962. The summed E-state index contributed by atoms with van der Waals surface area (Å²) in [5.41, 5.74) is 2.30. The molecule has 2 rings (SSSR count). The molecule has 0 atom stereocenters. The molecule has 1 N–H and O–H groups in total. The normalized spacial score (nSPS) is 10.3. The van der Waals surface area contributed by atoms with Crippen LogP contribution < -0.4 is 0 Å². The average Bonchev–Trinajstić information content (AvgIpc) is 2.78. The van der Waals surface area contributed by atoms with Crippen molar-refractivity contribution < 1.29 is 9.90 Å². The molecule has 1 aromatic carbocycles. The summed E-state index contributed by atoms with van der Waals surface area (Å²) in [6, 6.07) is 7.88. The van der Waals surface area contributed by atoms with Crippen LogP contribution >= 0.6 is 0 Å². The molecule has 82 valence electrons. The second-order valence-electron chi connectivity index (χ2n) is 3.50. The second kappa shape index (κ2) is 4.18. The van der Waals surface area contributed by atoms with Gasteiger partial charge in [0.15, 0.2) is 0 Å². The number of nitrogens with zero attached hydrogens (tertiary/aromatic N) is 2. The van der Waals surface area contributed by atoms with Gasteiger partial charge >= 0.3 is 5.97 Å². The Morgan fingerprint density at radius 1 is 1.38 bits per heavy atom. The van der Waals surface area contributed by atoms with Gasteiger partial charge in [-0.05, 0) is 24.1 Å². The van der Waals surface area contributed by atoms with Crippen molar-refractivity contribution in [2.24, 2.45) is 0 Å². The molecule has 0 unspecified atom stereocenters. The third-order valence-electron chi connectivity index (χ3n) is 2.44. The van der Waals surface area contributed by atoms with Crippen LogP contribution in [-0.4, -0.2) is 20.9 Å². The number of aromatic carboxylic acids is 1. The number of aromatic nitrogens is 2. The first-order valence-electron chi connectivity index (χ1n) is 5.08. The van der Waals surface area contributed by atoms with E-state index in [1.54, 1.807) is 4.68 Å². The number of hydrogen-bond donors (Lipinski definition) is 1. The Morgan fingerprint density at radius 3 is 2.56 bits per heavy atom. The van der Waals surface area contributed by atoms with Crippen molar-refractivity contribution in [2.45, 2.75) is 13.3 Å². The lowest BCUT2D eigenvalue weighted by atomic mass is 10.1. The lowest BCUT2D eigenvalue weighted by molar-refractivity contribution is 0.0697. The van der Waals surface area contributed by atoms with Crippen molar-refractivity contribution in [2.75, 3.05) is 0 Å². The maximum atomic E-state index is 10.7. The van der Waals surface area contributed by atoms with E-state index in [0.29, 0.717) is 0 Å². The fourth-order valence-corrected chi connectivity index (χ4v) is 1.46. The molecule has 0 fully saturated rings. The van der Waals surface area contributed by atoms with Gasteiger partial charge in [-0.1, -0.05) is 19.1 Å². The summed E-state index contributed by atoms with van der Waals surface area (Å²) in [5, 5.41) is 12.8. The van der Waals surface area contributed by atoms with Gasteiger partial charge in [-0.2, -0.15) is 5.10 Å². The smallest absolute Gasteiger partial charge is 0.338 e. The van der Waals surface area contributed by atoms with Crippen molar-refractivity contribution >= 4 is 5.97 Å². The minimum absolute atomic E-state index is 0.194. The maximum Gasteiger partial charge on any atom is 0.338 e. The van der Waals surface area contributed by atoms with Gasteiger partial charge < -0.3 is 5.11 Å². The summed E-state index contributed by atoms with van der Waals surface area (Å²) in [4.78, 5) is 10.7. The van der Waals surface area contributed by atoms with Gasteiger partial charge in [-0.15, -0.1) is 0 Å². The standard InChI is InChI=1S/C12H12N2O2/c1-2-9-3-5-11(6-4-9)14-8-10(7-13-14)12(15)16/h3-8H,2H2,1H3,(H,15,16). The van der Waals surface area contributed by atoms with Gasteiger partial charge in [0.2, 0.25) is 0 Å². The van der Waals surface area contributed by atoms with E-state index in [-0.39, 0.29) is 5.56 Å². The zero-order valence-electron chi connectivity index (χ0n) is 8.92. The van der Waals surface area contributed by atoms with Crippen LogP contribution in [0.4, 0.5) is 0 Å². The molecule has 0 aliphatic rings. The van der Waals surface area contributed by atoms with Crippen molar-refractivity contribution in [3.8, 4) is 5.69 Å². The number of carboxylic acid groups (broad SMARTS) is 1. The predicted octanol–water partition coefficient (Wildman–Crippen LogP) is 2.13. The number of carbonyl (C=O) groups is 1. The first-order valence-corrected chi connectivity index (χ1v) is 5.08. The van der Waals surface area contributed by atoms with Crippen LogP contribution in [0, 0.1) is 0 Å². The van der Waals surface area contributed by atoms with E-state index >= 15 is 0 Å². The van der Waals surface area contributed by atoms with Crippen molar-refractivity contribution in [3.63, 3.8) is 0 Å². The zero-order valence-corrected chi connectivity index (χ0v) is 8.92. The van der Waals surface area contributed by atoms with Crippen molar-refractivity contribution in [3.05, 3.63) is 47.8 Å². The molecule has 0 saturated carbocycles. The van der Waals surface area contributed by atoms with Crippen molar-refractivity contribution in [1.29, 1.82) is 0 Å². The predicted molar refractivity (Wildman–Crippen MR) is 59.9 cm³/mol. The van der Waals surface area contributed by atoms with Gasteiger partial charge in [0.05, 0.1) is 17.4 Å². The molecule has 0 saturated heterocycles. The lowest BCUT2D eigenvalue weighted by Crippen LogP contribution is -1.95. The van der Waals surface area contributed by atoms with E-state index in [1.165, 1.54) is 18.0 Å². The van der Waals surface area contributed by atoms with E-state index in [2.05, 4.69) is 12.0 Å². The summed E-state index contributed by atoms with van der Waals surface area (Å²) in [7, 11) is 0. The fraction of sp³-hybridized carbons (Fsp3) is 0.167. The molecule has 0 aliphatic heterocycles. The Balaban J connectivity index is 2.31. The summed E-state index contributed by atoms with van der Waals surface area (Å²) in [6.45, 7) is 2.09. The fourth-order valence-electron chi connectivity index (χ4n) is 1.46. The minimum Gasteiger partial charge on any atom is -0.478 e. The average molecular weight is 216 g/mol. The van der Waals surface area contributed by atoms with Crippen LogP contribution in [0.2, 0.25) is 0 Å². The number of hydrogen-bond acceptors (Lipinski definition) is 2. The largest absolute Gasteiger partial charge is 0.478 e. The highest BCUT2D eigenvalue weighted by atomic mass is 16.4. The number of carboxylic acids is 1. The highest BCUT2D eigenvalue weighted by Gasteiger charge is 2.06. The van der Waals surface area contributed by atoms with Gasteiger partial charge in [-0.25, -0.2) is 9.48 Å². The number of rotatable bonds is 3. The summed E-state index contributed by atoms with van der Waals surface area (Å²) in [6.07, 6.45) is 3.83. The Hall–Kier alpha value is -2.10. The molecule has 0 amide bonds. The summed E-state index contributed by atoms with van der Waals surface area (Å²) >= 11 is 0. The second-order valence-corrected chi connectivity index (χ2v) is 3.50. The molecule has 1 heterocycles. The van der Waals surface area contributed by atoms with E-state index in [4.69, 9.17) is 5.11 Å². The molecule has 0 spiro atoms. The van der Waals surface area contributed by atoms with E-state index < -0.39 is 5.97 Å². The SMILES string of the molecule is CCc1ccc(-n2cc(C(=O)O)cn2)cc1. The monoisotopic (exact) mass is 216 g/mol. The topological polar surface area (TPSA) is 55.1 Å². The molecule has 0 radical (unpaired) electrons. The Morgan fingerprint density at radius 2 is 2.06 bits per heavy atom. The summed E-state index contributed by atoms with van der Waals surface area (Å²) < 4.78 is 1.56. The molecule has 0 bridgehead atoms. The minimum atomic E-state index is -0.962. The highest BCUT2D eigenvalue weighted by Crippen LogP contribution is 2.10. The quantitative estimate of drug-likeness (QED) is 0.855. The molecular formula is C12H12N2O2. The van der Waals surface area contributed by atoms with Crippen LogP contribution in [0.15, 0.2) is 36.7 Å². The Kier molecular flexibility index (Phi) is 2.72. The zero-order chi connectivity index (χ0) is 11.5. The van der Waals surface area contributed by atoms with Crippen molar-refractivity contribution in [1.82, 2.24) is 9.78 Å². The van der Waals surface area contributed by atoms with Crippen LogP contribution in [0.25, 0.3) is 5.69 Å². The molecule has 4 nitrogen and oxygen atoms in total. The lowest BCUT2D eigenvalue weighted by Gasteiger charge is -2.01.